The monoisotopic (exact) mass is 1740 g/mol. The van der Waals surface area contributed by atoms with Gasteiger partial charge in [0.05, 0.1) is 90.5 Å². The molecule has 16 heteroatoms. The summed E-state index contributed by atoms with van der Waals surface area (Å²) in [7, 11) is -11.4. The summed E-state index contributed by atoms with van der Waals surface area (Å²) >= 11 is 0. The molecule has 19 aromatic carbocycles. The molecule has 0 atom stereocenters. The Balaban J connectivity index is 0.000000104. The van der Waals surface area contributed by atoms with Gasteiger partial charge in [-0.15, -0.1) is 0 Å². The highest BCUT2D eigenvalue weighted by molar-refractivity contribution is 7.92. The van der Waals surface area contributed by atoms with Gasteiger partial charge in [0.2, 0.25) is 29.5 Å². The van der Waals surface area contributed by atoms with E-state index >= 15 is 0 Å². The van der Waals surface area contributed by atoms with Crippen molar-refractivity contribution >= 4 is 106 Å². The van der Waals surface area contributed by atoms with Crippen LogP contribution in [-0.2, 0) is 34.9 Å². The molecule has 618 valence electrons. The average molecular weight is 1740 g/mol. The molecule has 1 spiro atoms. The fourth-order valence-electron chi connectivity index (χ4n) is 21.2. The Morgan fingerprint density at radius 3 is 1.04 bits per heavy atom. The van der Waals surface area contributed by atoms with Gasteiger partial charge in [-0.25, -0.2) is 40.2 Å². The van der Waals surface area contributed by atoms with Crippen molar-refractivity contribution in [1.82, 2.24) is 33.6 Å². The molecule has 0 unspecified atom stereocenters. The summed E-state index contributed by atoms with van der Waals surface area (Å²) in [4.78, 5) is 21.0. The van der Waals surface area contributed by atoms with Crippen LogP contribution in [0.4, 0.5) is 0 Å². The van der Waals surface area contributed by atoms with Crippen molar-refractivity contribution in [3.05, 3.63) is 441 Å². The predicted molar refractivity (Wildman–Crippen MR) is 522 cm³/mol. The second-order valence-corrected chi connectivity index (χ2v) is 39.5. The molecule has 0 N–H and O–H groups in total. The second kappa shape index (κ2) is 28.6. The fraction of sp³-hybridized carbons (Fsp3) is 0.00870. The average Bonchev–Trinajstić information content (AvgIpc) is 1.50. The number of imidazole rings is 3. The zero-order valence-corrected chi connectivity index (χ0v) is 72.1. The Morgan fingerprint density at radius 1 is 0.214 bits per heavy atom. The first kappa shape index (κ1) is 75.9. The van der Waals surface area contributed by atoms with Crippen molar-refractivity contribution in [2.75, 3.05) is 0 Å². The van der Waals surface area contributed by atoms with Gasteiger partial charge in [-0.05, 0) is 213 Å². The number of fused-ring (bicyclic) bond motifs is 22. The standard InChI is InChI=1S/C44H26N2O2S.C39H24N2O2S.C32H19N3O2S/c47-49(48)40-20-10-19-38-42(40)46(43(45-38)27-11-2-1-3-12-27)39-24-22-29(26-41(39)49)28-21-23-33-32-15-6-9-18-36(32)44(37(33)25-28)34-16-7-4-13-30(34)31-14-5-8-17-35(31)44;42-44(43)36-16-8-15-34-38(36)41(39(40-34)27-9-2-1-3-10-27)35-22-21-28(24-37(35)44)25-17-19-26(20-18-25)33-23-29-11-4-5-12-30(29)31-13-6-7-14-32(31)33;36-38(37)28-14-6-13-26-31(28)35(32(34-26)20-8-2-1-3-9-20)27-16-15-22(19-29(27)38)25-18-21-10-4-5-11-23(21)30-24(25)12-7-17-33-30/h1-26H;1-24H;1-19H. The maximum atomic E-state index is 14.4. The molecule has 0 radical (unpaired) electrons. The smallest absolute Gasteiger partial charge is 0.210 e. The van der Waals surface area contributed by atoms with Crippen LogP contribution in [0, 0.1) is 0 Å². The van der Waals surface area contributed by atoms with Gasteiger partial charge in [-0.2, -0.15) is 0 Å². The fourth-order valence-corrected chi connectivity index (χ4v) is 26.2. The predicted octanol–water partition coefficient (Wildman–Crippen LogP) is 26.5. The highest BCUT2D eigenvalue weighted by atomic mass is 32.2. The van der Waals surface area contributed by atoms with Crippen molar-refractivity contribution in [1.29, 1.82) is 0 Å². The van der Waals surface area contributed by atoms with Gasteiger partial charge >= 0.3 is 0 Å². The summed E-state index contributed by atoms with van der Waals surface area (Å²) in [5.74, 6) is 2.17. The Kier molecular flexibility index (Phi) is 16.6. The van der Waals surface area contributed by atoms with Crippen LogP contribution in [0.3, 0.4) is 0 Å². The minimum Gasteiger partial charge on any atom is -0.290 e. The number of para-hydroxylation sites is 3. The van der Waals surface area contributed by atoms with E-state index in [-0.39, 0.29) is 29.4 Å². The highest BCUT2D eigenvalue weighted by Crippen LogP contribution is 2.64. The van der Waals surface area contributed by atoms with E-state index in [2.05, 4.69) is 199 Å². The number of benzene rings is 19. The van der Waals surface area contributed by atoms with Gasteiger partial charge in [0.1, 0.15) is 17.5 Å². The zero-order valence-electron chi connectivity index (χ0n) is 69.6. The zero-order chi connectivity index (χ0) is 87.3. The Bertz CT molecular complexity index is 9230. The summed E-state index contributed by atoms with van der Waals surface area (Å²) in [6.07, 6.45) is 1.79. The third kappa shape index (κ3) is 11.1. The lowest BCUT2D eigenvalue weighted by Crippen LogP contribution is -2.25. The van der Waals surface area contributed by atoms with Crippen LogP contribution in [0.2, 0.25) is 0 Å². The Morgan fingerprint density at radius 2 is 0.557 bits per heavy atom. The molecular weight excluding hydrogens is 1670 g/mol. The van der Waals surface area contributed by atoms with Gasteiger partial charge in [-0.3, -0.25) is 18.7 Å². The lowest BCUT2D eigenvalue weighted by Gasteiger charge is -2.30. The number of aromatic nitrogens is 7. The van der Waals surface area contributed by atoms with Crippen LogP contribution in [0.1, 0.15) is 22.3 Å². The molecule has 5 aliphatic rings. The first-order valence-electron chi connectivity index (χ1n) is 43.4. The molecule has 13 nitrogen and oxygen atoms in total. The second-order valence-electron chi connectivity index (χ2n) is 33.8. The largest absolute Gasteiger partial charge is 0.290 e. The molecule has 0 bridgehead atoms. The lowest BCUT2D eigenvalue weighted by atomic mass is 9.70. The summed E-state index contributed by atoms with van der Waals surface area (Å²) in [6.45, 7) is 0. The molecular formula is C115H69N7O6S3. The third-order valence-corrected chi connectivity index (χ3v) is 32.3. The maximum absolute atomic E-state index is 14.4. The first-order valence-corrected chi connectivity index (χ1v) is 47.8. The van der Waals surface area contributed by atoms with Crippen molar-refractivity contribution in [2.45, 2.75) is 34.8 Å². The minimum absolute atomic E-state index is 0.274. The molecule has 2 aliphatic carbocycles. The summed E-state index contributed by atoms with van der Waals surface area (Å²) in [5.41, 5.74) is 26.6. The van der Waals surface area contributed by atoms with E-state index in [1.165, 1.54) is 71.6 Å². The molecule has 0 saturated carbocycles. The topological polar surface area (TPSA) is 169 Å². The molecule has 0 fully saturated rings. The van der Waals surface area contributed by atoms with E-state index in [1.807, 2.05) is 190 Å². The Hall–Kier alpha value is -16.4. The Labute approximate surface area is 752 Å². The minimum atomic E-state index is -3.83. The van der Waals surface area contributed by atoms with Crippen LogP contribution in [0.5, 0.6) is 0 Å². The number of rotatable bonds is 7. The summed E-state index contributed by atoms with van der Waals surface area (Å²) in [6, 6.07) is 138. The van der Waals surface area contributed by atoms with E-state index in [4.69, 9.17) is 15.0 Å². The van der Waals surface area contributed by atoms with E-state index in [1.54, 1.807) is 48.7 Å². The maximum Gasteiger partial charge on any atom is 0.210 e. The van der Waals surface area contributed by atoms with Crippen LogP contribution in [0.25, 0.3) is 194 Å². The van der Waals surface area contributed by atoms with Crippen molar-refractivity contribution in [3.63, 3.8) is 0 Å². The van der Waals surface area contributed by atoms with Crippen molar-refractivity contribution < 1.29 is 25.3 Å². The summed E-state index contributed by atoms with van der Waals surface area (Å²) in [5, 5.41) is 7.99. The van der Waals surface area contributed by atoms with E-state index in [0.717, 1.165) is 94.8 Å². The molecule has 4 aromatic heterocycles. The molecule has 0 saturated heterocycles. The van der Waals surface area contributed by atoms with E-state index < -0.39 is 34.9 Å². The van der Waals surface area contributed by atoms with Gasteiger partial charge in [0.15, 0.2) is 0 Å². The van der Waals surface area contributed by atoms with Crippen molar-refractivity contribution in [3.8, 4) is 118 Å². The van der Waals surface area contributed by atoms with E-state index in [0.29, 0.717) is 50.2 Å². The van der Waals surface area contributed by atoms with Gasteiger partial charge in [0.25, 0.3) is 0 Å². The normalized spacial score (nSPS) is 14.1. The van der Waals surface area contributed by atoms with Crippen LogP contribution < -0.4 is 0 Å². The number of sulfone groups is 3. The number of hydrogen-bond donors (Lipinski definition) is 0. The van der Waals surface area contributed by atoms with Gasteiger partial charge < -0.3 is 0 Å². The molecule has 3 aliphatic heterocycles. The number of pyridine rings is 1. The van der Waals surface area contributed by atoms with Crippen LogP contribution >= 0.6 is 0 Å². The molecule has 7 heterocycles. The number of hydrogen-bond acceptors (Lipinski definition) is 10. The molecule has 28 rings (SSSR count). The van der Waals surface area contributed by atoms with Gasteiger partial charge in [0, 0.05) is 33.7 Å². The molecule has 23 aromatic rings. The first-order chi connectivity index (χ1) is 64.2. The molecule has 131 heavy (non-hydrogen) atoms. The third-order valence-electron chi connectivity index (χ3n) is 26.9. The number of nitrogens with zero attached hydrogens (tertiary/aromatic N) is 7. The quantitative estimate of drug-likeness (QED) is 0.140. The highest BCUT2D eigenvalue weighted by Gasteiger charge is 2.52. The lowest BCUT2D eigenvalue weighted by molar-refractivity contribution is 0.593. The molecule has 0 amide bonds. The SMILES string of the molecule is O=S1(=O)c2cc(-c3cc4ccccc4c4ncccc34)ccc2-n2c(-c3ccccc3)nc3cccc1c32.O=S1(=O)c2cc(-c3ccc(-c4cc5ccccc5c5ccccc45)cc3)ccc2-n2c(-c3ccccc3)nc3cccc1c32.O=S1(=O)c2cc(-c3ccc4c(c3)C3(c5ccccc5-c5ccccc53)c3ccccc3-4)ccc2-n2c(-c3ccccc3)nc3cccc1c32. The van der Waals surface area contributed by atoms with Crippen molar-refractivity contribution in [2.24, 2.45) is 0 Å². The van der Waals surface area contributed by atoms with Crippen LogP contribution in [-0.4, -0.2) is 58.9 Å². The summed E-state index contributed by atoms with van der Waals surface area (Å²) < 4.78 is 90.9. The van der Waals surface area contributed by atoms with E-state index in [9.17, 15) is 25.3 Å². The van der Waals surface area contributed by atoms with Gasteiger partial charge in [-0.1, -0.05) is 315 Å². The van der Waals surface area contributed by atoms with Crippen LogP contribution in [0.15, 0.2) is 448 Å².